The van der Waals surface area contributed by atoms with E-state index in [4.69, 9.17) is 10.7 Å². The number of rotatable bonds is 3. The Morgan fingerprint density at radius 3 is 2.45 bits per heavy atom. The van der Waals surface area contributed by atoms with Gasteiger partial charge in [-0.1, -0.05) is 19.8 Å². The molecule has 0 atom stereocenters. The zero-order chi connectivity index (χ0) is 15.0. The molecule has 1 fully saturated rings. The number of halogens is 2. The number of benzene rings is 1. The molecule has 0 saturated heterocycles. The van der Waals surface area contributed by atoms with Crippen LogP contribution >= 0.6 is 26.6 Å². The van der Waals surface area contributed by atoms with Crippen molar-refractivity contribution in [1.29, 1.82) is 0 Å². The Kier molecular flexibility index (Phi) is 4.47. The van der Waals surface area contributed by atoms with Gasteiger partial charge < -0.3 is 5.32 Å². The fraction of sp³-hybridized carbons (Fsp3) is 0.462. The highest BCUT2D eigenvalue weighted by molar-refractivity contribution is 9.10. The monoisotopic (exact) mass is 379 g/mol. The van der Waals surface area contributed by atoms with Gasteiger partial charge in [0, 0.05) is 26.3 Å². The smallest absolute Gasteiger partial charge is 0.262 e. The molecule has 1 aliphatic rings. The minimum Gasteiger partial charge on any atom is -0.326 e. The Morgan fingerprint density at radius 2 is 1.95 bits per heavy atom. The SMILES string of the molecule is CC1(C(=O)Nc2ccc(S(=O)(=O)Cl)c(Br)c2)CCCC1. The summed E-state index contributed by atoms with van der Waals surface area (Å²) in [6, 6.07) is 4.46. The number of amides is 1. The van der Waals surface area contributed by atoms with Crippen LogP contribution in [0.25, 0.3) is 0 Å². The van der Waals surface area contributed by atoms with Crippen molar-refractivity contribution in [3.8, 4) is 0 Å². The Balaban J connectivity index is 2.19. The average Bonchev–Trinajstić information content (AvgIpc) is 2.76. The summed E-state index contributed by atoms with van der Waals surface area (Å²) in [4.78, 5) is 12.2. The van der Waals surface area contributed by atoms with Crippen LogP contribution in [0.3, 0.4) is 0 Å². The molecule has 1 saturated carbocycles. The maximum atomic E-state index is 12.3. The molecule has 0 unspecified atom stereocenters. The van der Waals surface area contributed by atoms with E-state index in [0.29, 0.717) is 10.2 Å². The van der Waals surface area contributed by atoms with Gasteiger partial charge in [0.1, 0.15) is 0 Å². The van der Waals surface area contributed by atoms with Crippen LogP contribution in [0.15, 0.2) is 27.6 Å². The molecule has 110 valence electrons. The third-order valence-electron chi connectivity index (χ3n) is 3.71. The second kappa shape index (κ2) is 5.66. The topological polar surface area (TPSA) is 63.2 Å². The Bertz CT molecular complexity index is 639. The highest BCUT2D eigenvalue weighted by Crippen LogP contribution is 2.38. The van der Waals surface area contributed by atoms with Gasteiger partial charge in [-0.2, -0.15) is 0 Å². The minimum absolute atomic E-state index is 0.00996. The Morgan fingerprint density at radius 1 is 1.35 bits per heavy atom. The molecule has 0 aromatic heterocycles. The Labute approximate surface area is 131 Å². The van der Waals surface area contributed by atoms with Crippen molar-refractivity contribution >= 4 is 47.3 Å². The summed E-state index contributed by atoms with van der Waals surface area (Å²) in [7, 11) is 1.51. The minimum atomic E-state index is -3.79. The lowest BCUT2D eigenvalue weighted by atomic mass is 9.88. The van der Waals surface area contributed by atoms with E-state index < -0.39 is 9.05 Å². The van der Waals surface area contributed by atoms with Crippen molar-refractivity contribution in [3.05, 3.63) is 22.7 Å². The number of carbonyl (C=O) groups excluding carboxylic acids is 1. The molecule has 1 amide bonds. The lowest BCUT2D eigenvalue weighted by molar-refractivity contribution is -0.124. The molecule has 4 nitrogen and oxygen atoms in total. The lowest BCUT2D eigenvalue weighted by Gasteiger charge is -2.22. The van der Waals surface area contributed by atoms with E-state index in [2.05, 4.69) is 21.2 Å². The third kappa shape index (κ3) is 3.35. The van der Waals surface area contributed by atoms with Crippen LogP contribution in [-0.4, -0.2) is 14.3 Å². The fourth-order valence-electron chi connectivity index (χ4n) is 2.44. The van der Waals surface area contributed by atoms with Gasteiger partial charge >= 0.3 is 0 Å². The molecule has 20 heavy (non-hydrogen) atoms. The first-order valence-corrected chi connectivity index (χ1v) is 9.38. The average molecular weight is 381 g/mol. The fourth-order valence-corrected chi connectivity index (χ4v) is 4.66. The van der Waals surface area contributed by atoms with Gasteiger partial charge in [-0.15, -0.1) is 0 Å². The standard InChI is InChI=1S/C13H15BrClNO3S/c1-13(6-2-3-7-13)12(17)16-9-4-5-11(10(14)8-9)20(15,18)19/h4-5,8H,2-3,6-7H2,1H3,(H,16,17). The molecule has 2 rings (SSSR count). The number of hydrogen-bond donors (Lipinski definition) is 1. The molecule has 1 aromatic rings. The summed E-state index contributed by atoms with van der Waals surface area (Å²) < 4.78 is 22.9. The van der Waals surface area contributed by atoms with E-state index in [9.17, 15) is 13.2 Å². The summed E-state index contributed by atoms with van der Waals surface area (Å²) in [6.45, 7) is 1.96. The summed E-state index contributed by atoms with van der Waals surface area (Å²) in [5, 5.41) is 2.84. The zero-order valence-electron chi connectivity index (χ0n) is 10.9. The van der Waals surface area contributed by atoms with Gasteiger partial charge in [0.15, 0.2) is 0 Å². The summed E-state index contributed by atoms with van der Waals surface area (Å²) >= 11 is 3.15. The molecule has 0 radical (unpaired) electrons. The highest BCUT2D eigenvalue weighted by atomic mass is 79.9. The second-order valence-corrected chi connectivity index (χ2v) is 8.69. The van der Waals surface area contributed by atoms with Gasteiger partial charge in [0.05, 0.1) is 4.90 Å². The molecule has 0 bridgehead atoms. The Hall–Kier alpha value is -0.590. The maximum absolute atomic E-state index is 12.3. The molecule has 0 heterocycles. The number of hydrogen-bond acceptors (Lipinski definition) is 3. The molecule has 7 heteroatoms. The van der Waals surface area contributed by atoms with Gasteiger partial charge in [0.2, 0.25) is 5.91 Å². The molecular weight excluding hydrogens is 366 g/mol. The molecule has 0 aliphatic heterocycles. The number of anilines is 1. The van der Waals surface area contributed by atoms with E-state index in [-0.39, 0.29) is 16.2 Å². The van der Waals surface area contributed by atoms with Crippen LogP contribution in [0, 0.1) is 5.41 Å². The first kappa shape index (κ1) is 15.8. The summed E-state index contributed by atoms with van der Waals surface area (Å²) in [6.07, 6.45) is 3.90. The van der Waals surface area contributed by atoms with E-state index >= 15 is 0 Å². The van der Waals surface area contributed by atoms with E-state index in [1.165, 1.54) is 12.1 Å². The zero-order valence-corrected chi connectivity index (χ0v) is 14.1. The molecule has 1 aromatic carbocycles. The van der Waals surface area contributed by atoms with E-state index in [0.717, 1.165) is 25.7 Å². The quantitative estimate of drug-likeness (QED) is 0.809. The van der Waals surface area contributed by atoms with Crippen molar-refractivity contribution in [1.82, 2.24) is 0 Å². The van der Waals surface area contributed by atoms with Crippen LogP contribution in [0.2, 0.25) is 0 Å². The third-order valence-corrected chi connectivity index (χ3v) is 6.01. The van der Waals surface area contributed by atoms with Crippen LogP contribution in [0.4, 0.5) is 5.69 Å². The molecular formula is C13H15BrClNO3S. The summed E-state index contributed by atoms with van der Waals surface area (Å²) in [5.41, 5.74) is 0.225. The maximum Gasteiger partial charge on any atom is 0.262 e. The van der Waals surface area contributed by atoms with Gasteiger partial charge in [-0.25, -0.2) is 8.42 Å². The first-order chi connectivity index (χ1) is 9.22. The van der Waals surface area contributed by atoms with Crippen molar-refractivity contribution < 1.29 is 13.2 Å². The lowest BCUT2D eigenvalue weighted by Crippen LogP contribution is -2.30. The molecule has 0 spiro atoms. The van der Waals surface area contributed by atoms with Gasteiger partial charge in [-0.3, -0.25) is 4.79 Å². The largest absolute Gasteiger partial charge is 0.326 e. The first-order valence-electron chi connectivity index (χ1n) is 6.28. The van der Waals surface area contributed by atoms with Crippen molar-refractivity contribution in [2.24, 2.45) is 5.41 Å². The van der Waals surface area contributed by atoms with Crippen LogP contribution in [0.5, 0.6) is 0 Å². The van der Waals surface area contributed by atoms with E-state index in [1.807, 2.05) is 6.92 Å². The van der Waals surface area contributed by atoms with Gasteiger partial charge in [-0.05, 0) is 47.0 Å². The predicted octanol–water partition coefficient (Wildman–Crippen LogP) is 3.90. The molecule has 1 aliphatic carbocycles. The van der Waals surface area contributed by atoms with Crippen molar-refractivity contribution in [2.45, 2.75) is 37.5 Å². The van der Waals surface area contributed by atoms with Crippen molar-refractivity contribution in [3.63, 3.8) is 0 Å². The number of carbonyl (C=O) groups is 1. The predicted molar refractivity (Wildman–Crippen MR) is 82.4 cm³/mol. The van der Waals surface area contributed by atoms with Crippen LogP contribution in [-0.2, 0) is 13.8 Å². The normalized spacial score (nSPS) is 17.9. The van der Waals surface area contributed by atoms with Gasteiger partial charge in [0.25, 0.3) is 9.05 Å². The van der Waals surface area contributed by atoms with E-state index in [1.54, 1.807) is 6.07 Å². The van der Waals surface area contributed by atoms with Crippen molar-refractivity contribution in [2.75, 3.05) is 5.32 Å². The van der Waals surface area contributed by atoms with Crippen LogP contribution in [0.1, 0.15) is 32.6 Å². The molecule has 1 N–H and O–H groups in total. The highest BCUT2D eigenvalue weighted by Gasteiger charge is 2.36. The number of nitrogens with one attached hydrogen (secondary N) is 1. The second-order valence-electron chi connectivity index (χ2n) is 5.30. The van der Waals surface area contributed by atoms with Crippen LogP contribution < -0.4 is 5.32 Å². The summed E-state index contributed by atoms with van der Waals surface area (Å²) in [5.74, 6) is -0.0246.